The Morgan fingerprint density at radius 3 is 2.64 bits per heavy atom. The molecule has 3 aromatic rings. The summed E-state index contributed by atoms with van der Waals surface area (Å²) in [5, 5.41) is 18.4. The van der Waals surface area contributed by atoms with Gasteiger partial charge in [0, 0.05) is 12.3 Å². The second-order valence-corrected chi connectivity index (χ2v) is 5.94. The van der Waals surface area contributed by atoms with Crippen molar-refractivity contribution in [2.24, 2.45) is 0 Å². The monoisotopic (exact) mass is 294 g/mol. The van der Waals surface area contributed by atoms with Gasteiger partial charge in [0.05, 0.1) is 5.69 Å². The van der Waals surface area contributed by atoms with E-state index in [1.54, 1.807) is 0 Å². The minimum atomic E-state index is 0.0478. The van der Waals surface area contributed by atoms with Crippen molar-refractivity contribution >= 4 is 11.0 Å². The van der Waals surface area contributed by atoms with E-state index in [0.29, 0.717) is 29.2 Å². The van der Waals surface area contributed by atoms with E-state index < -0.39 is 0 Å². The highest BCUT2D eigenvalue weighted by Gasteiger charge is 2.24. The van der Waals surface area contributed by atoms with E-state index in [4.69, 9.17) is 0 Å². The van der Waals surface area contributed by atoms with Gasteiger partial charge in [-0.1, -0.05) is 43.2 Å². The van der Waals surface area contributed by atoms with Crippen molar-refractivity contribution in [3.63, 3.8) is 0 Å². The maximum atomic E-state index is 10.3. The van der Waals surface area contributed by atoms with E-state index >= 15 is 0 Å². The SMILES string of the molecule is Oc1nc(Cc2ccccc2)nc2[nH]nc(C3CCCC3)c12. The van der Waals surface area contributed by atoms with Gasteiger partial charge in [-0.2, -0.15) is 10.1 Å². The molecule has 0 spiro atoms. The summed E-state index contributed by atoms with van der Waals surface area (Å²) in [5.41, 5.74) is 2.69. The average Bonchev–Trinajstić information content (AvgIpc) is 3.16. The number of fused-ring (bicyclic) bond motifs is 1. The molecule has 0 saturated heterocycles. The Hall–Kier alpha value is -2.43. The molecule has 0 unspecified atom stereocenters. The Labute approximate surface area is 128 Å². The summed E-state index contributed by atoms with van der Waals surface area (Å²) in [6.45, 7) is 0. The Morgan fingerprint density at radius 2 is 1.86 bits per heavy atom. The van der Waals surface area contributed by atoms with Crippen LogP contribution in [0.2, 0.25) is 0 Å². The molecule has 2 heterocycles. The van der Waals surface area contributed by atoms with Gasteiger partial charge in [-0.15, -0.1) is 0 Å². The van der Waals surface area contributed by atoms with E-state index in [9.17, 15) is 5.11 Å². The van der Waals surface area contributed by atoms with Gasteiger partial charge in [0.25, 0.3) is 0 Å². The molecule has 4 rings (SSSR count). The first-order valence-corrected chi connectivity index (χ1v) is 7.79. The topological polar surface area (TPSA) is 74.7 Å². The van der Waals surface area contributed by atoms with Crippen molar-refractivity contribution in [1.29, 1.82) is 0 Å². The quantitative estimate of drug-likeness (QED) is 0.777. The minimum Gasteiger partial charge on any atom is -0.493 e. The summed E-state index contributed by atoms with van der Waals surface area (Å²) in [4.78, 5) is 8.82. The lowest BCUT2D eigenvalue weighted by molar-refractivity contribution is 0.456. The number of nitrogens with zero attached hydrogens (tertiary/aromatic N) is 3. The maximum Gasteiger partial charge on any atom is 0.225 e. The number of rotatable bonds is 3. The molecule has 1 aromatic carbocycles. The Bertz CT molecular complexity index is 791. The predicted octanol–water partition coefficient (Wildman–Crippen LogP) is 3.31. The number of aromatic hydroxyl groups is 1. The molecule has 2 aromatic heterocycles. The largest absolute Gasteiger partial charge is 0.493 e. The van der Waals surface area contributed by atoms with Crippen molar-refractivity contribution < 1.29 is 5.11 Å². The number of hydrogen-bond donors (Lipinski definition) is 2. The second-order valence-electron chi connectivity index (χ2n) is 5.94. The van der Waals surface area contributed by atoms with Crippen LogP contribution in [0.4, 0.5) is 0 Å². The van der Waals surface area contributed by atoms with Crippen LogP contribution in [-0.4, -0.2) is 25.3 Å². The predicted molar refractivity (Wildman–Crippen MR) is 83.8 cm³/mol. The van der Waals surface area contributed by atoms with E-state index in [0.717, 1.165) is 24.1 Å². The van der Waals surface area contributed by atoms with Crippen molar-refractivity contribution in [3.05, 3.63) is 47.4 Å². The van der Waals surface area contributed by atoms with Crippen LogP contribution >= 0.6 is 0 Å². The van der Waals surface area contributed by atoms with Gasteiger partial charge in [-0.3, -0.25) is 5.10 Å². The normalized spacial score (nSPS) is 15.6. The zero-order valence-corrected chi connectivity index (χ0v) is 12.3. The summed E-state index contributed by atoms with van der Waals surface area (Å²) >= 11 is 0. The highest BCUT2D eigenvalue weighted by molar-refractivity contribution is 5.83. The van der Waals surface area contributed by atoms with Crippen LogP contribution in [-0.2, 0) is 6.42 Å². The molecule has 1 aliphatic rings. The lowest BCUT2D eigenvalue weighted by atomic mass is 10.0. The van der Waals surface area contributed by atoms with Gasteiger partial charge >= 0.3 is 0 Å². The fourth-order valence-electron chi connectivity index (χ4n) is 3.33. The standard InChI is InChI=1S/C17H18N4O/c22-17-14-15(12-8-4-5-9-12)20-21-16(14)18-13(19-17)10-11-6-2-1-3-7-11/h1-3,6-7,12H,4-5,8-10H2,(H2,18,19,20,21,22). The number of aromatic amines is 1. The number of aromatic nitrogens is 4. The molecule has 1 saturated carbocycles. The highest BCUT2D eigenvalue weighted by atomic mass is 16.3. The van der Waals surface area contributed by atoms with E-state index in [1.807, 2.05) is 30.3 Å². The molecule has 0 amide bonds. The number of benzene rings is 1. The molecule has 1 fully saturated rings. The fourth-order valence-corrected chi connectivity index (χ4v) is 3.33. The van der Waals surface area contributed by atoms with Crippen LogP contribution in [0, 0.1) is 0 Å². The zero-order chi connectivity index (χ0) is 14.9. The van der Waals surface area contributed by atoms with Crippen LogP contribution in [0.15, 0.2) is 30.3 Å². The summed E-state index contributed by atoms with van der Waals surface area (Å²) < 4.78 is 0. The lowest BCUT2D eigenvalue weighted by Crippen LogP contribution is -1.98. The average molecular weight is 294 g/mol. The van der Waals surface area contributed by atoms with Gasteiger partial charge in [-0.25, -0.2) is 4.98 Å². The van der Waals surface area contributed by atoms with Crippen LogP contribution in [0.5, 0.6) is 5.88 Å². The molecular weight excluding hydrogens is 276 g/mol. The van der Waals surface area contributed by atoms with Crippen molar-refractivity contribution in [2.75, 3.05) is 0 Å². The van der Waals surface area contributed by atoms with Gasteiger partial charge in [0.2, 0.25) is 5.88 Å². The molecule has 5 heteroatoms. The molecule has 0 aliphatic heterocycles. The van der Waals surface area contributed by atoms with Crippen LogP contribution in [0.1, 0.15) is 48.7 Å². The molecule has 22 heavy (non-hydrogen) atoms. The summed E-state index contributed by atoms with van der Waals surface area (Å²) in [7, 11) is 0. The first-order chi connectivity index (χ1) is 10.8. The van der Waals surface area contributed by atoms with Crippen molar-refractivity contribution in [3.8, 4) is 5.88 Å². The molecular formula is C17H18N4O. The minimum absolute atomic E-state index is 0.0478. The molecule has 0 atom stereocenters. The number of H-pyrrole nitrogens is 1. The second kappa shape index (κ2) is 5.40. The third-order valence-corrected chi connectivity index (χ3v) is 4.42. The molecule has 112 valence electrons. The summed E-state index contributed by atoms with van der Waals surface area (Å²) in [6, 6.07) is 10.0. The van der Waals surface area contributed by atoms with Gasteiger partial charge < -0.3 is 5.11 Å². The van der Waals surface area contributed by atoms with Crippen LogP contribution in [0.25, 0.3) is 11.0 Å². The third kappa shape index (κ3) is 2.32. The molecule has 1 aliphatic carbocycles. The maximum absolute atomic E-state index is 10.3. The lowest BCUT2D eigenvalue weighted by Gasteiger charge is -2.06. The van der Waals surface area contributed by atoms with E-state index in [2.05, 4.69) is 20.2 Å². The Morgan fingerprint density at radius 1 is 1.09 bits per heavy atom. The van der Waals surface area contributed by atoms with Gasteiger partial charge in [-0.05, 0) is 18.4 Å². The fraction of sp³-hybridized carbons (Fsp3) is 0.353. The van der Waals surface area contributed by atoms with Crippen LogP contribution in [0.3, 0.4) is 0 Å². The third-order valence-electron chi connectivity index (χ3n) is 4.42. The summed E-state index contributed by atoms with van der Waals surface area (Å²) in [6.07, 6.45) is 5.32. The first-order valence-electron chi connectivity index (χ1n) is 7.79. The number of hydrogen-bond acceptors (Lipinski definition) is 4. The van der Waals surface area contributed by atoms with Gasteiger partial charge in [0.15, 0.2) is 5.65 Å². The molecule has 0 radical (unpaired) electrons. The summed E-state index contributed by atoms with van der Waals surface area (Å²) in [5.74, 6) is 1.08. The Balaban J connectivity index is 1.71. The zero-order valence-electron chi connectivity index (χ0n) is 12.3. The molecule has 5 nitrogen and oxygen atoms in total. The first kappa shape index (κ1) is 13.2. The smallest absolute Gasteiger partial charge is 0.225 e. The van der Waals surface area contributed by atoms with Crippen molar-refractivity contribution in [1.82, 2.24) is 20.2 Å². The highest BCUT2D eigenvalue weighted by Crippen LogP contribution is 2.38. The molecule has 0 bridgehead atoms. The van der Waals surface area contributed by atoms with Crippen LogP contribution < -0.4 is 0 Å². The molecule has 2 N–H and O–H groups in total. The van der Waals surface area contributed by atoms with E-state index in [-0.39, 0.29) is 5.88 Å². The van der Waals surface area contributed by atoms with Gasteiger partial charge in [0.1, 0.15) is 11.2 Å². The number of nitrogens with one attached hydrogen (secondary N) is 1. The van der Waals surface area contributed by atoms with Crippen molar-refractivity contribution in [2.45, 2.75) is 38.0 Å². The Kier molecular flexibility index (Phi) is 3.25. The van der Waals surface area contributed by atoms with E-state index in [1.165, 1.54) is 12.8 Å².